The SMILES string of the molecule is Cc1ccccc1N1CCN(CCc2c(C)c3c([nH]c2=O)CC(C)(C)CC3=O)CC1. The smallest absolute Gasteiger partial charge is 0.251 e. The number of benzene rings is 1. The fourth-order valence-corrected chi connectivity index (χ4v) is 5.10. The van der Waals surface area contributed by atoms with Crippen molar-refractivity contribution in [2.45, 2.75) is 47.0 Å². The van der Waals surface area contributed by atoms with Crippen molar-refractivity contribution in [1.29, 1.82) is 0 Å². The molecule has 0 radical (unpaired) electrons. The molecular weight excluding hydrogens is 374 g/mol. The second-order valence-corrected chi connectivity index (χ2v) is 9.72. The molecular formula is C25H33N3O2. The predicted molar refractivity (Wildman–Crippen MR) is 122 cm³/mol. The van der Waals surface area contributed by atoms with E-state index in [1.807, 2.05) is 6.92 Å². The minimum Gasteiger partial charge on any atom is -0.369 e. The summed E-state index contributed by atoms with van der Waals surface area (Å²) in [5, 5.41) is 0. The van der Waals surface area contributed by atoms with Crippen LogP contribution >= 0.6 is 0 Å². The van der Waals surface area contributed by atoms with Crippen molar-refractivity contribution in [3.05, 3.63) is 62.6 Å². The van der Waals surface area contributed by atoms with Crippen molar-refractivity contribution in [1.82, 2.24) is 9.88 Å². The number of fused-ring (bicyclic) bond motifs is 1. The molecule has 1 aliphatic carbocycles. The number of hydrogen-bond donors (Lipinski definition) is 1. The lowest BCUT2D eigenvalue weighted by atomic mass is 9.74. The Morgan fingerprint density at radius 1 is 1.00 bits per heavy atom. The van der Waals surface area contributed by atoms with Crippen LogP contribution in [0.15, 0.2) is 29.1 Å². The molecule has 0 spiro atoms. The van der Waals surface area contributed by atoms with E-state index in [4.69, 9.17) is 0 Å². The molecule has 30 heavy (non-hydrogen) atoms. The normalized spacial score (nSPS) is 19.1. The zero-order valence-corrected chi connectivity index (χ0v) is 18.7. The lowest BCUT2D eigenvalue weighted by molar-refractivity contribution is 0.0909. The van der Waals surface area contributed by atoms with E-state index in [-0.39, 0.29) is 16.8 Å². The Morgan fingerprint density at radius 3 is 2.40 bits per heavy atom. The Bertz CT molecular complexity index is 1010. The van der Waals surface area contributed by atoms with Gasteiger partial charge in [0.05, 0.1) is 0 Å². The molecule has 4 rings (SSSR count). The van der Waals surface area contributed by atoms with Crippen LogP contribution in [0.25, 0.3) is 0 Å². The third-order valence-corrected chi connectivity index (χ3v) is 6.75. The van der Waals surface area contributed by atoms with Gasteiger partial charge in [-0.15, -0.1) is 0 Å². The van der Waals surface area contributed by atoms with Gasteiger partial charge >= 0.3 is 0 Å². The highest BCUT2D eigenvalue weighted by Crippen LogP contribution is 2.35. The van der Waals surface area contributed by atoms with Crippen molar-refractivity contribution in [2.24, 2.45) is 5.41 Å². The number of aromatic amines is 1. The number of H-pyrrole nitrogens is 1. The number of nitrogens with zero attached hydrogens (tertiary/aromatic N) is 2. The van der Waals surface area contributed by atoms with Gasteiger partial charge in [-0.1, -0.05) is 32.0 Å². The van der Waals surface area contributed by atoms with Crippen LogP contribution in [0.5, 0.6) is 0 Å². The van der Waals surface area contributed by atoms with Gasteiger partial charge in [0, 0.05) is 61.7 Å². The molecule has 0 unspecified atom stereocenters. The van der Waals surface area contributed by atoms with Gasteiger partial charge in [-0.25, -0.2) is 0 Å². The molecule has 2 aromatic rings. The van der Waals surface area contributed by atoms with Crippen molar-refractivity contribution in [3.8, 4) is 0 Å². The Balaban J connectivity index is 1.43. The molecule has 1 aromatic carbocycles. The summed E-state index contributed by atoms with van der Waals surface area (Å²) in [4.78, 5) is 33.5. The van der Waals surface area contributed by atoms with Gasteiger partial charge in [0.2, 0.25) is 0 Å². The summed E-state index contributed by atoms with van der Waals surface area (Å²) in [6.07, 6.45) is 1.99. The largest absolute Gasteiger partial charge is 0.369 e. The first-order valence-electron chi connectivity index (χ1n) is 11.1. The zero-order chi connectivity index (χ0) is 21.5. The molecule has 5 nitrogen and oxygen atoms in total. The van der Waals surface area contributed by atoms with Crippen LogP contribution in [0.1, 0.15) is 53.0 Å². The first kappa shape index (κ1) is 20.9. The molecule has 1 N–H and O–H groups in total. The molecule has 1 saturated heterocycles. The number of carbonyl (C=O) groups is 1. The average molecular weight is 408 g/mol. The van der Waals surface area contributed by atoms with Gasteiger partial charge in [0.25, 0.3) is 5.56 Å². The highest BCUT2D eigenvalue weighted by Gasteiger charge is 2.33. The summed E-state index contributed by atoms with van der Waals surface area (Å²) >= 11 is 0. The highest BCUT2D eigenvalue weighted by molar-refractivity contribution is 6.00. The maximum Gasteiger partial charge on any atom is 0.251 e. The number of aromatic nitrogens is 1. The number of rotatable bonds is 4. The van der Waals surface area contributed by atoms with Gasteiger partial charge in [0.15, 0.2) is 5.78 Å². The van der Waals surface area contributed by atoms with E-state index < -0.39 is 0 Å². The molecule has 160 valence electrons. The third-order valence-electron chi connectivity index (χ3n) is 6.75. The second-order valence-electron chi connectivity index (χ2n) is 9.72. The monoisotopic (exact) mass is 407 g/mol. The molecule has 0 saturated carbocycles. The van der Waals surface area contributed by atoms with E-state index >= 15 is 0 Å². The number of Topliss-reactive ketones (excluding diaryl/α,β-unsaturated/α-hetero) is 1. The number of para-hydroxylation sites is 1. The van der Waals surface area contributed by atoms with Crippen LogP contribution in [0, 0.1) is 19.3 Å². The van der Waals surface area contributed by atoms with Crippen LogP contribution in [-0.4, -0.2) is 48.4 Å². The number of carbonyl (C=O) groups excluding carboxylic acids is 1. The van der Waals surface area contributed by atoms with E-state index in [1.54, 1.807) is 0 Å². The number of piperazine rings is 1. The highest BCUT2D eigenvalue weighted by atomic mass is 16.1. The quantitative estimate of drug-likeness (QED) is 0.843. The number of ketones is 1. The standard InChI is InChI=1S/C25H33N3O2/c1-17-7-5-6-8-21(17)28-13-11-27(12-14-28)10-9-19-18(2)23-20(26-24(19)30)15-25(3,4)16-22(23)29/h5-8H,9-16H2,1-4H3,(H,26,30). The number of aryl methyl sites for hydroxylation is 1. The summed E-state index contributed by atoms with van der Waals surface area (Å²) in [6.45, 7) is 13.1. The number of hydrogen-bond acceptors (Lipinski definition) is 4. The molecule has 0 bridgehead atoms. The average Bonchev–Trinajstić information content (AvgIpc) is 2.67. The number of nitrogens with one attached hydrogen (secondary N) is 1. The molecule has 2 aliphatic rings. The van der Waals surface area contributed by atoms with E-state index in [1.165, 1.54) is 11.3 Å². The Kier molecular flexibility index (Phi) is 5.58. The van der Waals surface area contributed by atoms with Crippen molar-refractivity contribution in [2.75, 3.05) is 37.6 Å². The van der Waals surface area contributed by atoms with Crippen LogP contribution in [0.3, 0.4) is 0 Å². The van der Waals surface area contributed by atoms with Crippen molar-refractivity contribution >= 4 is 11.5 Å². The summed E-state index contributed by atoms with van der Waals surface area (Å²) in [7, 11) is 0. The molecule has 1 aliphatic heterocycles. The van der Waals surface area contributed by atoms with Gasteiger partial charge < -0.3 is 9.88 Å². The summed E-state index contributed by atoms with van der Waals surface area (Å²) in [5.41, 5.74) is 5.81. The zero-order valence-electron chi connectivity index (χ0n) is 18.7. The van der Waals surface area contributed by atoms with Crippen LogP contribution in [-0.2, 0) is 12.8 Å². The Hall–Kier alpha value is -2.40. The maximum absolute atomic E-state index is 12.8. The molecule has 1 fully saturated rings. The number of pyridine rings is 1. The molecule has 0 atom stereocenters. The number of anilines is 1. The summed E-state index contributed by atoms with van der Waals surface area (Å²) in [5.74, 6) is 0.170. The second kappa shape index (κ2) is 8.03. The minimum atomic E-state index is -0.0856. The fourth-order valence-electron chi connectivity index (χ4n) is 5.10. The van der Waals surface area contributed by atoms with Crippen molar-refractivity contribution < 1.29 is 4.79 Å². The van der Waals surface area contributed by atoms with Gasteiger partial charge in [0.1, 0.15) is 0 Å². The van der Waals surface area contributed by atoms with Gasteiger partial charge in [-0.2, -0.15) is 0 Å². The fraction of sp³-hybridized carbons (Fsp3) is 0.520. The molecule has 2 heterocycles. The summed E-state index contributed by atoms with van der Waals surface area (Å²) in [6, 6.07) is 8.54. The van der Waals surface area contributed by atoms with E-state index in [0.29, 0.717) is 12.8 Å². The maximum atomic E-state index is 12.8. The first-order chi connectivity index (χ1) is 14.2. The predicted octanol–water partition coefficient (Wildman–Crippen LogP) is 3.51. The van der Waals surface area contributed by atoms with E-state index in [9.17, 15) is 9.59 Å². The van der Waals surface area contributed by atoms with E-state index in [0.717, 1.165) is 61.5 Å². The first-order valence-corrected chi connectivity index (χ1v) is 11.1. The van der Waals surface area contributed by atoms with Crippen LogP contribution < -0.4 is 10.5 Å². The van der Waals surface area contributed by atoms with Gasteiger partial charge in [-0.05, 0) is 49.3 Å². The summed E-state index contributed by atoms with van der Waals surface area (Å²) < 4.78 is 0. The lowest BCUT2D eigenvalue weighted by Crippen LogP contribution is -2.47. The molecule has 1 aromatic heterocycles. The van der Waals surface area contributed by atoms with E-state index in [2.05, 4.69) is 59.8 Å². The topological polar surface area (TPSA) is 56.4 Å². The lowest BCUT2D eigenvalue weighted by Gasteiger charge is -2.37. The molecule has 0 amide bonds. The van der Waals surface area contributed by atoms with Crippen LogP contribution in [0.4, 0.5) is 5.69 Å². The Labute approximate surface area is 179 Å². The Morgan fingerprint density at radius 2 is 1.70 bits per heavy atom. The van der Waals surface area contributed by atoms with Crippen LogP contribution in [0.2, 0.25) is 0 Å². The van der Waals surface area contributed by atoms with Crippen molar-refractivity contribution in [3.63, 3.8) is 0 Å². The van der Waals surface area contributed by atoms with Gasteiger partial charge in [-0.3, -0.25) is 14.5 Å². The minimum absolute atomic E-state index is 0.0182. The third kappa shape index (κ3) is 4.08. The molecule has 5 heteroatoms.